The number of anilines is 1. The Kier molecular flexibility index (Phi) is 5.56. The number of fused-ring (bicyclic) bond motifs is 1. The first-order valence-corrected chi connectivity index (χ1v) is 10.6. The predicted octanol–water partition coefficient (Wildman–Crippen LogP) is 4.37. The average molecular weight is 445 g/mol. The number of para-hydroxylation sites is 1. The molecule has 2 aromatic carbocycles. The van der Waals surface area contributed by atoms with Crippen molar-refractivity contribution in [2.75, 3.05) is 11.1 Å². The molecule has 4 aromatic rings. The summed E-state index contributed by atoms with van der Waals surface area (Å²) in [6.07, 6.45) is 0. The molecule has 0 saturated heterocycles. The van der Waals surface area contributed by atoms with Gasteiger partial charge in [-0.2, -0.15) is 0 Å². The van der Waals surface area contributed by atoms with Crippen molar-refractivity contribution >= 4 is 57.3 Å². The highest BCUT2D eigenvalue weighted by molar-refractivity contribution is 7.99. The second-order valence-electron chi connectivity index (χ2n) is 5.91. The fourth-order valence-electron chi connectivity index (χ4n) is 2.63. The first kappa shape index (κ1) is 19.5. The molecule has 2 heterocycles. The zero-order chi connectivity index (χ0) is 20.4. The number of rotatable bonds is 5. The number of hydrogen-bond acceptors (Lipinski definition) is 6. The number of aromatic amines is 1. The molecule has 146 valence electrons. The molecule has 0 saturated carbocycles. The van der Waals surface area contributed by atoms with Crippen molar-refractivity contribution in [2.24, 2.45) is 0 Å². The van der Waals surface area contributed by atoms with Gasteiger partial charge in [0, 0.05) is 11.4 Å². The van der Waals surface area contributed by atoms with Crippen molar-refractivity contribution in [1.29, 1.82) is 0 Å². The quantitative estimate of drug-likeness (QED) is 0.271. The van der Waals surface area contributed by atoms with Gasteiger partial charge in [0.2, 0.25) is 5.91 Å². The minimum atomic E-state index is -0.379. The van der Waals surface area contributed by atoms with Crippen LogP contribution >= 0.6 is 35.3 Å². The van der Waals surface area contributed by atoms with E-state index in [9.17, 15) is 14.0 Å². The van der Waals surface area contributed by atoms with Crippen LogP contribution in [-0.4, -0.2) is 26.2 Å². The summed E-state index contributed by atoms with van der Waals surface area (Å²) in [4.78, 5) is 31.8. The third-order valence-corrected chi connectivity index (χ3v) is 6.14. The third kappa shape index (κ3) is 4.29. The highest BCUT2D eigenvalue weighted by Crippen LogP contribution is 2.24. The highest BCUT2D eigenvalue weighted by Gasteiger charge is 2.14. The maximum Gasteiger partial charge on any atom is 0.271 e. The average Bonchev–Trinajstić information content (AvgIpc) is 3.05. The first-order chi connectivity index (χ1) is 14.0. The minimum Gasteiger partial charge on any atom is -0.325 e. The summed E-state index contributed by atoms with van der Waals surface area (Å²) in [7, 11) is 0. The van der Waals surface area contributed by atoms with Crippen LogP contribution in [0.5, 0.6) is 0 Å². The molecule has 2 aromatic heterocycles. The fourth-order valence-corrected chi connectivity index (χ4v) is 4.56. The lowest BCUT2D eigenvalue weighted by Gasteiger charge is -2.06. The van der Waals surface area contributed by atoms with E-state index in [1.54, 1.807) is 4.57 Å². The van der Waals surface area contributed by atoms with Crippen LogP contribution in [-0.2, 0) is 4.79 Å². The Morgan fingerprint density at radius 1 is 1.21 bits per heavy atom. The van der Waals surface area contributed by atoms with E-state index in [0.717, 1.165) is 17.4 Å². The van der Waals surface area contributed by atoms with Crippen molar-refractivity contribution in [3.8, 4) is 5.69 Å². The standard InChI is InChI=1S/C19H13FN4O2S3/c20-11-6-8-12(9-7-11)21-14(25)10-28-18-22-16-15(17(26)23-18)29-19(27)24(16)13-4-2-1-3-5-13/h1-9H,10H2,(H,21,25)(H,22,23,26). The molecule has 0 atom stereocenters. The molecule has 0 aliphatic rings. The number of carbonyl (C=O) groups excluding carboxylic acids is 1. The Morgan fingerprint density at radius 3 is 2.66 bits per heavy atom. The number of amides is 1. The van der Waals surface area contributed by atoms with E-state index >= 15 is 0 Å². The zero-order valence-corrected chi connectivity index (χ0v) is 17.2. The van der Waals surface area contributed by atoms with Crippen LogP contribution in [0, 0.1) is 9.77 Å². The van der Waals surface area contributed by atoms with Crippen LogP contribution < -0.4 is 10.9 Å². The van der Waals surface area contributed by atoms with Gasteiger partial charge < -0.3 is 10.3 Å². The number of benzene rings is 2. The monoisotopic (exact) mass is 444 g/mol. The maximum atomic E-state index is 12.9. The van der Waals surface area contributed by atoms with Gasteiger partial charge in [-0.05, 0) is 48.6 Å². The SMILES string of the molecule is O=C(CSc1nc2c(sc(=S)n2-c2ccccc2)c(=O)[nH]1)Nc1ccc(F)cc1. The Balaban J connectivity index is 1.58. The molecule has 0 bridgehead atoms. The Labute approximate surface area is 177 Å². The molecule has 2 N–H and O–H groups in total. The second-order valence-corrected chi connectivity index (χ2v) is 8.51. The van der Waals surface area contributed by atoms with E-state index in [1.807, 2.05) is 30.3 Å². The molecule has 1 amide bonds. The van der Waals surface area contributed by atoms with Gasteiger partial charge in [-0.1, -0.05) is 41.3 Å². The summed E-state index contributed by atoms with van der Waals surface area (Å²) < 4.78 is 15.6. The Hall–Kier alpha value is -2.82. The predicted molar refractivity (Wildman–Crippen MR) is 116 cm³/mol. The molecule has 0 unspecified atom stereocenters. The molecule has 29 heavy (non-hydrogen) atoms. The number of nitrogens with one attached hydrogen (secondary N) is 2. The highest BCUT2D eigenvalue weighted by atomic mass is 32.2. The lowest BCUT2D eigenvalue weighted by molar-refractivity contribution is -0.113. The third-order valence-electron chi connectivity index (χ3n) is 3.90. The molecule has 6 nitrogen and oxygen atoms in total. The van der Waals surface area contributed by atoms with Crippen molar-refractivity contribution in [2.45, 2.75) is 5.16 Å². The number of thioether (sulfide) groups is 1. The van der Waals surface area contributed by atoms with Crippen LogP contribution in [0.15, 0.2) is 64.5 Å². The van der Waals surface area contributed by atoms with Crippen LogP contribution in [0.25, 0.3) is 16.0 Å². The summed E-state index contributed by atoms with van der Waals surface area (Å²) in [6.45, 7) is 0. The first-order valence-electron chi connectivity index (χ1n) is 8.41. The normalized spacial score (nSPS) is 10.9. The van der Waals surface area contributed by atoms with Gasteiger partial charge in [-0.25, -0.2) is 9.37 Å². The smallest absolute Gasteiger partial charge is 0.271 e. The summed E-state index contributed by atoms with van der Waals surface area (Å²) in [5.41, 5.74) is 1.45. The minimum absolute atomic E-state index is 0.0298. The van der Waals surface area contributed by atoms with E-state index in [-0.39, 0.29) is 23.0 Å². The van der Waals surface area contributed by atoms with E-state index < -0.39 is 0 Å². The number of carbonyl (C=O) groups is 1. The number of thiazole rings is 1. The van der Waals surface area contributed by atoms with Crippen LogP contribution in [0.2, 0.25) is 0 Å². The Morgan fingerprint density at radius 2 is 1.93 bits per heavy atom. The molecular formula is C19H13FN4O2S3. The van der Waals surface area contributed by atoms with E-state index in [0.29, 0.717) is 25.1 Å². The van der Waals surface area contributed by atoms with Gasteiger partial charge in [0.25, 0.3) is 5.56 Å². The van der Waals surface area contributed by atoms with Gasteiger partial charge in [0.1, 0.15) is 10.5 Å². The molecule has 0 aliphatic heterocycles. The van der Waals surface area contributed by atoms with Gasteiger partial charge in [0.15, 0.2) is 14.8 Å². The van der Waals surface area contributed by atoms with Gasteiger partial charge >= 0.3 is 0 Å². The van der Waals surface area contributed by atoms with Gasteiger partial charge in [-0.3, -0.25) is 14.2 Å². The van der Waals surface area contributed by atoms with Crippen molar-refractivity contribution in [3.05, 3.63) is 74.7 Å². The van der Waals surface area contributed by atoms with Gasteiger partial charge in [-0.15, -0.1) is 0 Å². The van der Waals surface area contributed by atoms with Crippen LogP contribution in [0.3, 0.4) is 0 Å². The van der Waals surface area contributed by atoms with Crippen molar-refractivity contribution < 1.29 is 9.18 Å². The van der Waals surface area contributed by atoms with Crippen molar-refractivity contribution in [3.63, 3.8) is 0 Å². The molecule has 4 rings (SSSR count). The summed E-state index contributed by atoms with van der Waals surface area (Å²) in [5.74, 6) is -0.646. The molecule has 0 radical (unpaired) electrons. The van der Waals surface area contributed by atoms with Crippen LogP contribution in [0.4, 0.5) is 10.1 Å². The summed E-state index contributed by atoms with van der Waals surface area (Å²) in [5, 5.41) is 2.98. The number of nitrogens with zero attached hydrogens (tertiary/aromatic N) is 2. The Bertz CT molecular complexity index is 1300. The summed E-state index contributed by atoms with van der Waals surface area (Å²) in [6, 6.07) is 14.9. The van der Waals surface area contributed by atoms with E-state index in [2.05, 4.69) is 15.3 Å². The van der Waals surface area contributed by atoms with E-state index in [1.165, 1.54) is 35.6 Å². The summed E-state index contributed by atoms with van der Waals surface area (Å²) >= 11 is 7.70. The van der Waals surface area contributed by atoms with E-state index in [4.69, 9.17) is 12.2 Å². The molecule has 0 aliphatic carbocycles. The zero-order valence-electron chi connectivity index (χ0n) is 14.7. The van der Waals surface area contributed by atoms with Gasteiger partial charge in [0.05, 0.1) is 5.75 Å². The maximum absolute atomic E-state index is 12.9. The molecular weight excluding hydrogens is 431 g/mol. The second kappa shape index (κ2) is 8.27. The molecule has 10 heteroatoms. The number of halogens is 1. The van der Waals surface area contributed by atoms with Crippen LogP contribution in [0.1, 0.15) is 0 Å². The molecule has 0 spiro atoms. The lowest BCUT2D eigenvalue weighted by atomic mass is 10.3. The molecule has 0 fully saturated rings. The largest absolute Gasteiger partial charge is 0.325 e. The number of hydrogen-bond donors (Lipinski definition) is 2. The van der Waals surface area contributed by atoms with Crippen molar-refractivity contribution in [1.82, 2.24) is 14.5 Å². The fraction of sp³-hybridized carbons (Fsp3) is 0.0526. The topological polar surface area (TPSA) is 79.8 Å². The number of H-pyrrole nitrogens is 1. The lowest BCUT2D eigenvalue weighted by Crippen LogP contribution is -2.15. The number of aromatic nitrogens is 3.